The molecular formula is C6H16N4. The molecule has 0 aromatic heterocycles. The van der Waals surface area contributed by atoms with E-state index >= 15 is 0 Å². The first-order chi connectivity index (χ1) is 4.63. The molecule has 0 saturated heterocycles. The largest absolute Gasteiger partial charge is 0.368 e. The van der Waals surface area contributed by atoms with E-state index in [0.29, 0.717) is 12.0 Å². The van der Waals surface area contributed by atoms with Gasteiger partial charge in [-0.1, -0.05) is 0 Å². The van der Waals surface area contributed by atoms with Crippen LogP contribution < -0.4 is 11.6 Å². The number of hydrogen-bond donors (Lipinski definition) is 2. The van der Waals surface area contributed by atoms with E-state index in [2.05, 4.69) is 5.10 Å². The van der Waals surface area contributed by atoms with Gasteiger partial charge in [-0.2, -0.15) is 0 Å². The van der Waals surface area contributed by atoms with Crippen LogP contribution >= 0.6 is 0 Å². The van der Waals surface area contributed by atoms with Crippen LogP contribution in [0.1, 0.15) is 20.8 Å². The van der Waals surface area contributed by atoms with Crippen molar-refractivity contribution in [2.24, 2.45) is 16.7 Å². The van der Waals surface area contributed by atoms with Gasteiger partial charge in [-0.05, 0) is 20.8 Å². The van der Waals surface area contributed by atoms with Crippen LogP contribution in [0, 0.1) is 0 Å². The van der Waals surface area contributed by atoms with Crippen LogP contribution in [0.3, 0.4) is 0 Å². The van der Waals surface area contributed by atoms with Gasteiger partial charge in [0.25, 0.3) is 0 Å². The molecule has 0 unspecified atom stereocenters. The van der Waals surface area contributed by atoms with Gasteiger partial charge in [0, 0.05) is 12.6 Å². The first-order valence-electron chi connectivity index (χ1n) is 3.43. The van der Waals surface area contributed by atoms with Crippen LogP contribution in [-0.4, -0.2) is 23.4 Å². The van der Waals surface area contributed by atoms with Crippen molar-refractivity contribution in [2.45, 2.75) is 26.8 Å². The van der Waals surface area contributed by atoms with Crippen LogP contribution in [-0.2, 0) is 0 Å². The molecule has 0 spiro atoms. The summed E-state index contributed by atoms with van der Waals surface area (Å²) in [6.45, 7) is 6.94. The molecule has 10 heavy (non-hydrogen) atoms. The molecule has 4 nitrogen and oxygen atoms in total. The van der Waals surface area contributed by atoms with E-state index in [1.807, 2.05) is 25.7 Å². The van der Waals surface area contributed by atoms with Crippen molar-refractivity contribution in [1.29, 1.82) is 0 Å². The van der Waals surface area contributed by atoms with Crippen molar-refractivity contribution in [1.82, 2.24) is 4.90 Å². The molecule has 0 atom stereocenters. The zero-order valence-electron chi connectivity index (χ0n) is 6.83. The van der Waals surface area contributed by atoms with Crippen molar-refractivity contribution >= 4 is 5.96 Å². The van der Waals surface area contributed by atoms with E-state index in [-0.39, 0.29) is 0 Å². The molecule has 0 radical (unpaired) electrons. The second-order valence-electron chi connectivity index (χ2n) is 2.37. The zero-order chi connectivity index (χ0) is 8.15. The fourth-order valence-electron chi connectivity index (χ4n) is 0.866. The normalized spacial score (nSPS) is 12.2. The third kappa shape index (κ3) is 2.13. The molecule has 60 valence electrons. The molecule has 0 fully saturated rings. The fourth-order valence-corrected chi connectivity index (χ4v) is 0.866. The SMILES string of the molecule is CCN(C(N)=NN)C(C)C. The van der Waals surface area contributed by atoms with E-state index in [9.17, 15) is 0 Å². The number of hydrazone groups is 1. The summed E-state index contributed by atoms with van der Waals surface area (Å²) in [5.41, 5.74) is 5.48. The van der Waals surface area contributed by atoms with Gasteiger partial charge < -0.3 is 16.5 Å². The Hall–Kier alpha value is -0.930. The molecule has 0 aliphatic rings. The number of rotatable bonds is 2. The Morgan fingerprint density at radius 2 is 2.10 bits per heavy atom. The summed E-state index contributed by atoms with van der Waals surface area (Å²) in [5.74, 6) is 5.41. The Morgan fingerprint density at radius 3 is 2.20 bits per heavy atom. The highest BCUT2D eigenvalue weighted by Gasteiger charge is 2.07. The maximum absolute atomic E-state index is 5.48. The molecule has 4 N–H and O–H groups in total. The van der Waals surface area contributed by atoms with Crippen LogP contribution in [0.5, 0.6) is 0 Å². The molecule has 0 aromatic rings. The van der Waals surface area contributed by atoms with E-state index in [4.69, 9.17) is 11.6 Å². The van der Waals surface area contributed by atoms with Gasteiger partial charge >= 0.3 is 0 Å². The van der Waals surface area contributed by atoms with Crippen LogP contribution in [0.4, 0.5) is 0 Å². The summed E-state index contributed by atoms with van der Waals surface area (Å²) < 4.78 is 0. The maximum Gasteiger partial charge on any atom is 0.213 e. The summed E-state index contributed by atoms with van der Waals surface area (Å²) in [5, 5.41) is 3.40. The quantitative estimate of drug-likeness (QED) is 0.246. The molecule has 0 aliphatic heterocycles. The third-order valence-electron chi connectivity index (χ3n) is 1.39. The monoisotopic (exact) mass is 144 g/mol. The second kappa shape index (κ2) is 3.98. The lowest BCUT2D eigenvalue weighted by Gasteiger charge is -2.24. The van der Waals surface area contributed by atoms with E-state index in [0.717, 1.165) is 6.54 Å². The van der Waals surface area contributed by atoms with E-state index in [1.165, 1.54) is 0 Å². The Morgan fingerprint density at radius 1 is 1.60 bits per heavy atom. The van der Waals surface area contributed by atoms with Crippen LogP contribution in [0.25, 0.3) is 0 Å². The molecule has 0 aliphatic carbocycles. The summed E-state index contributed by atoms with van der Waals surface area (Å²) in [6.07, 6.45) is 0. The van der Waals surface area contributed by atoms with Gasteiger partial charge in [0.2, 0.25) is 5.96 Å². The van der Waals surface area contributed by atoms with Gasteiger partial charge in [0.05, 0.1) is 0 Å². The average Bonchev–Trinajstić information content (AvgIpc) is 1.88. The van der Waals surface area contributed by atoms with Crippen molar-refractivity contribution in [3.8, 4) is 0 Å². The number of nitrogens with zero attached hydrogens (tertiary/aromatic N) is 2. The second-order valence-corrected chi connectivity index (χ2v) is 2.37. The van der Waals surface area contributed by atoms with Crippen molar-refractivity contribution < 1.29 is 0 Å². The summed E-state index contributed by atoms with van der Waals surface area (Å²) in [7, 11) is 0. The predicted molar refractivity (Wildman–Crippen MR) is 43.3 cm³/mol. The molecule has 0 aromatic carbocycles. The molecule has 4 heteroatoms. The van der Waals surface area contributed by atoms with Gasteiger partial charge in [-0.25, -0.2) is 0 Å². The zero-order valence-corrected chi connectivity index (χ0v) is 6.83. The van der Waals surface area contributed by atoms with E-state index < -0.39 is 0 Å². The van der Waals surface area contributed by atoms with Crippen LogP contribution in [0.15, 0.2) is 5.10 Å². The average molecular weight is 144 g/mol. The van der Waals surface area contributed by atoms with Crippen LogP contribution in [0.2, 0.25) is 0 Å². The summed E-state index contributed by atoms with van der Waals surface area (Å²) in [4.78, 5) is 1.92. The van der Waals surface area contributed by atoms with Gasteiger partial charge in [-0.15, -0.1) is 5.10 Å². The third-order valence-corrected chi connectivity index (χ3v) is 1.39. The minimum atomic E-state index is 0.359. The molecule has 0 rings (SSSR count). The smallest absolute Gasteiger partial charge is 0.213 e. The Bertz CT molecular complexity index is 119. The maximum atomic E-state index is 5.48. The Labute approximate surface area is 61.9 Å². The topological polar surface area (TPSA) is 67.6 Å². The number of hydrogen-bond acceptors (Lipinski definition) is 2. The first-order valence-corrected chi connectivity index (χ1v) is 3.43. The lowest BCUT2D eigenvalue weighted by atomic mass is 10.3. The molecule has 0 amide bonds. The predicted octanol–water partition coefficient (Wildman–Crippen LogP) is -0.0949. The lowest BCUT2D eigenvalue weighted by molar-refractivity contribution is 0.362. The minimum absolute atomic E-state index is 0.359. The van der Waals surface area contributed by atoms with Gasteiger partial charge in [0.15, 0.2) is 0 Å². The highest BCUT2D eigenvalue weighted by atomic mass is 15.3. The standard InChI is InChI=1S/C6H16N4/c1-4-10(5(2)3)6(7)9-8/h5H,4,8H2,1-3H3,(H2,7,9). The number of nitrogens with two attached hydrogens (primary N) is 2. The van der Waals surface area contributed by atoms with Crippen molar-refractivity contribution in [3.05, 3.63) is 0 Å². The van der Waals surface area contributed by atoms with Gasteiger partial charge in [0.1, 0.15) is 0 Å². The Kier molecular flexibility index (Phi) is 3.61. The highest BCUT2D eigenvalue weighted by molar-refractivity contribution is 5.77. The number of guanidine groups is 1. The lowest BCUT2D eigenvalue weighted by Crippen LogP contribution is -2.42. The van der Waals surface area contributed by atoms with E-state index in [1.54, 1.807) is 0 Å². The summed E-state index contributed by atoms with van der Waals surface area (Å²) >= 11 is 0. The highest BCUT2D eigenvalue weighted by Crippen LogP contribution is 1.94. The fraction of sp³-hybridized carbons (Fsp3) is 0.833. The molecule has 0 saturated carbocycles. The van der Waals surface area contributed by atoms with Gasteiger partial charge in [-0.3, -0.25) is 0 Å². The summed E-state index contributed by atoms with van der Waals surface area (Å²) in [6, 6.07) is 0.359. The minimum Gasteiger partial charge on any atom is -0.368 e. The first kappa shape index (κ1) is 9.07. The molecule has 0 heterocycles. The molecular weight excluding hydrogens is 128 g/mol. The Balaban J connectivity index is 4.07. The van der Waals surface area contributed by atoms with Crippen molar-refractivity contribution in [3.63, 3.8) is 0 Å². The van der Waals surface area contributed by atoms with Crippen molar-refractivity contribution in [2.75, 3.05) is 6.54 Å². The molecule has 0 bridgehead atoms.